The van der Waals surface area contributed by atoms with E-state index in [0.29, 0.717) is 17.2 Å². The maximum Gasteiger partial charge on any atom is 0.416 e. The third-order valence-corrected chi connectivity index (χ3v) is 3.12. The summed E-state index contributed by atoms with van der Waals surface area (Å²) in [5.74, 6) is 1.28. The molecule has 4 nitrogen and oxygen atoms in total. The Balaban J connectivity index is 1.91. The van der Waals surface area contributed by atoms with Gasteiger partial charge in [-0.05, 0) is 12.1 Å². The van der Waals surface area contributed by atoms with Crippen molar-refractivity contribution in [1.29, 1.82) is 0 Å². The van der Waals surface area contributed by atoms with E-state index in [1.165, 1.54) is 6.07 Å². The minimum Gasteiger partial charge on any atom is -0.315 e. The second-order valence-corrected chi connectivity index (χ2v) is 4.48. The fourth-order valence-electron chi connectivity index (χ4n) is 1.90. The Kier molecular flexibility index (Phi) is 2.78. The Hall–Kier alpha value is -1.89. The van der Waals surface area contributed by atoms with Gasteiger partial charge < -0.3 is 5.32 Å². The van der Waals surface area contributed by atoms with E-state index < -0.39 is 11.7 Å². The standard InChI is InChI=1S/C12H11F3N4/c13-12(14,15)9-3-1-2-7(4-9)10-17-11(19-18-10)8-5-16-6-8/h1-4,8,16H,5-6H2,(H,17,18,19). The highest BCUT2D eigenvalue weighted by Gasteiger charge is 2.31. The number of aromatic amines is 1. The molecular weight excluding hydrogens is 257 g/mol. The first kappa shape index (κ1) is 12.2. The normalized spacial score (nSPS) is 16.4. The SMILES string of the molecule is FC(F)(F)c1cccc(-c2n[nH]c(C3CNC3)n2)c1. The molecule has 1 aromatic carbocycles. The zero-order chi connectivity index (χ0) is 13.5. The van der Waals surface area contributed by atoms with Gasteiger partial charge >= 0.3 is 6.18 Å². The van der Waals surface area contributed by atoms with Crippen LogP contribution in [0.5, 0.6) is 0 Å². The molecule has 3 rings (SSSR count). The van der Waals surface area contributed by atoms with E-state index in [2.05, 4.69) is 20.5 Å². The lowest BCUT2D eigenvalue weighted by Crippen LogP contribution is -2.40. The number of nitrogens with zero attached hydrogens (tertiary/aromatic N) is 2. The summed E-state index contributed by atoms with van der Waals surface area (Å²) in [4.78, 5) is 4.25. The van der Waals surface area contributed by atoms with E-state index in [0.717, 1.165) is 25.2 Å². The topological polar surface area (TPSA) is 53.6 Å². The molecule has 19 heavy (non-hydrogen) atoms. The quantitative estimate of drug-likeness (QED) is 0.877. The van der Waals surface area contributed by atoms with E-state index in [1.807, 2.05) is 0 Å². The van der Waals surface area contributed by atoms with Gasteiger partial charge in [0.1, 0.15) is 5.82 Å². The molecule has 100 valence electrons. The Morgan fingerprint density at radius 3 is 2.63 bits per heavy atom. The van der Waals surface area contributed by atoms with Crippen molar-refractivity contribution in [2.45, 2.75) is 12.1 Å². The number of rotatable bonds is 2. The van der Waals surface area contributed by atoms with Crippen LogP contribution in [0.3, 0.4) is 0 Å². The molecule has 0 spiro atoms. The Morgan fingerprint density at radius 1 is 1.21 bits per heavy atom. The lowest BCUT2D eigenvalue weighted by molar-refractivity contribution is -0.137. The van der Waals surface area contributed by atoms with Crippen molar-refractivity contribution in [3.05, 3.63) is 35.7 Å². The molecule has 0 saturated carbocycles. The summed E-state index contributed by atoms with van der Waals surface area (Å²) in [5.41, 5.74) is -0.328. The number of H-pyrrole nitrogens is 1. The first-order valence-corrected chi connectivity index (χ1v) is 5.85. The lowest BCUT2D eigenvalue weighted by atomic mass is 10.0. The van der Waals surface area contributed by atoms with Gasteiger partial charge in [0.2, 0.25) is 0 Å². The molecule has 0 bridgehead atoms. The number of benzene rings is 1. The number of hydrogen-bond acceptors (Lipinski definition) is 3. The van der Waals surface area contributed by atoms with E-state index in [1.54, 1.807) is 6.07 Å². The smallest absolute Gasteiger partial charge is 0.315 e. The Morgan fingerprint density at radius 2 is 2.00 bits per heavy atom. The first-order valence-electron chi connectivity index (χ1n) is 5.85. The summed E-state index contributed by atoms with van der Waals surface area (Å²) in [6, 6.07) is 5.03. The van der Waals surface area contributed by atoms with Gasteiger partial charge in [0.15, 0.2) is 5.82 Å². The highest BCUT2D eigenvalue weighted by Crippen LogP contribution is 2.31. The average Bonchev–Trinajstić information content (AvgIpc) is 2.75. The first-order chi connectivity index (χ1) is 9.04. The van der Waals surface area contributed by atoms with Gasteiger partial charge in [-0.3, -0.25) is 5.10 Å². The number of halogens is 3. The number of alkyl halides is 3. The predicted octanol–water partition coefficient (Wildman–Crippen LogP) is 2.18. The van der Waals surface area contributed by atoms with Gasteiger partial charge in [0, 0.05) is 24.6 Å². The van der Waals surface area contributed by atoms with Crippen LogP contribution >= 0.6 is 0 Å². The third-order valence-electron chi connectivity index (χ3n) is 3.12. The maximum atomic E-state index is 12.6. The molecule has 1 fully saturated rings. The van der Waals surface area contributed by atoms with Gasteiger partial charge in [-0.15, -0.1) is 0 Å². The van der Waals surface area contributed by atoms with Crippen LogP contribution in [0, 0.1) is 0 Å². The van der Waals surface area contributed by atoms with Crippen molar-refractivity contribution in [2.24, 2.45) is 0 Å². The molecule has 0 aliphatic carbocycles. The minimum atomic E-state index is -4.35. The van der Waals surface area contributed by atoms with Gasteiger partial charge in [0.25, 0.3) is 0 Å². The van der Waals surface area contributed by atoms with Gasteiger partial charge in [-0.25, -0.2) is 4.98 Å². The molecule has 2 N–H and O–H groups in total. The number of hydrogen-bond donors (Lipinski definition) is 2. The molecular formula is C12H11F3N4. The van der Waals surface area contributed by atoms with Crippen LogP contribution in [0.25, 0.3) is 11.4 Å². The Bertz CT molecular complexity index is 587. The summed E-state index contributed by atoms with van der Waals surface area (Å²) in [6.07, 6.45) is -4.35. The highest BCUT2D eigenvalue weighted by atomic mass is 19.4. The van der Waals surface area contributed by atoms with Crippen molar-refractivity contribution in [2.75, 3.05) is 13.1 Å². The molecule has 0 radical (unpaired) electrons. The second kappa shape index (κ2) is 4.34. The van der Waals surface area contributed by atoms with Gasteiger partial charge in [-0.1, -0.05) is 12.1 Å². The molecule has 2 aromatic rings. The van der Waals surface area contributed by atoms with Gasteiger partial charge in [-0.2, -0.15) is 18.3 Å². The van der Waals surface area contributed by atoms with E-state index in [9.17, 15) is 13.2 Å². The summed E-state index contributed by atoms with van der Waals surface area (Å²) in [5, 5.41) is 9.86. The highest BCUT2D eigenvalue weighted by molar-refractivity contribution is 5.56. The number of aromatic nitrogens is 3. The van der Waals surface area contributed by atoms with Crippen molar-refractivity contribution in [3.8, 4) is 11.4 Å². The van der Waals surface area contributed by atoms with Crippen LogP contribution in [-0.4, -0.2) is 28.3 Å². The van der Waals surface area contributed by atoms with Crippen molar-refractivity contribution < 1.29 is 13.2 Å². The lowest BCUT2D eigenvalue weighted by Gasteiger charge is -2.24. The zero-order valence-corrected chi connectivity index (χ0v) is 9.83. The molecule has 1 aliphatic rings. The molecule has 2 heterocycles. The third kappa shape index (κ3) is 2.33. The fraction of sp³-hybridized carbons (Fsp3) is 0.333. The van der Waals surface area contributed by atoms with Crippen LogP contribution in [0.2, 0.25) is 0 Å². The van der Waals surface area contributed by atoms with Crippen LogP contribution in [-0.2, 0) is 6.18 Å². The second-order valence-electron chi connectivity index (χ2n) is 4.48. The number of nitrogens with one attached hydrogen (secondary N) is 2. The molecule has 1 saturated heterocycles. The molecule has 1 aromatic heterocycles. The minimum absolute atomic E-state index is 0.270. The molecule has 0 amide bonds. The van der Waals surface area contributed by atoms with Crippen LogP contribution in [0.1, 0.15) is 17.3 Å². The summed E-state index contributed by atoms with van der Waals surface area (Å²) < 4.78 is 37.9. The maximum absolute atomic E-state index is 12.6. The summed E-state index contributed by atoms with van der Waals surface area (Å²) in [7, 11) is 0. The zero-order valence-electron chi connectivity index (χ0n) is 9.83. The van der Waals surface area contributed by atoms with Crippen molar-refractivity contribution in [1.82, 2.24) is 20.5 Å². The van der Waals surface area contributed by atoms with E-state index >= 15 is 0 Å². The largest absolute Gasteiger partial charge is 0.416 e. The van der Waals surface area contributed by atoms with E-state index in [-0.39, 0.29) is 5.92 Å². The van der Waals surface area contributed by atoms with Crippen LogP contribution in [0.4, 0.5) is 13.2 Å². The average molecular weight is 268 g/mol. The molecule has 0 atom stereocenters. The Labute approximate surface area is 107 Å². The predicted molar refractivity (Wildman–Crippen MR) is 62.4 cm³/mol. The summed E-state index contributed by atoms with van der Waals surface area (Å²) >= 11 is 0. The van der Waals surface area contributed by atoms with Crippen LogP contribution < -0.4 is 5.32 Å². The molecule has 7 heteroatoms. The summed E-state index contributed by atoms with van der Waals surface area (Å²) in [6.45, 7) is 1.63. The van der Waals surface area contributed by atoms with E-state index in [4.69, 9.17) is 0 Å². The fourth-order valence-corrected chi connectivity index (χ4v) is 1.90. The van der Waals surface area contributed by atoms with Crippen molar-refractivity contribution >= 4 is 0 Å². The van der Waals surface area contributed by atoms with Crippen molar-refractivity contribution in [3.63, 3.8) is 0 Å². The van der Waals surface area contributed by atoms with Crippen LogP contribution in [0.15, 0.2) is 24.3 Å². The molecule has 0 unspecified atom stereocenters. The van der Waals surface area contributed by atoms with Gasteiger partial charge in [0.05, 0.1) is 5.56 Å². The monoisotopic (exact) mass is 268 g/mol. The molecule has 1 aliphatic heterocycles.